The number of hydrogen-bond acceptors (Lipinski definition) is 4. The summed E-state index contributed by atoms with van der Waals surface area (Å²) in [6, 6.07) is 0. The molecule has 0 aromatic carbocycles. The highest BCUT2D eigenvalue weighted by Crippen LogP contribution is 2.18. The molecule has 0 spiro atoms. The number of rotatable bonds is 1. The lowest BCUT2D eigenvalue weighted by molar-refractivity contribution is -0.385. The number of hydrogen-bond donors (Lipinski definition) is 0. The van der Waals surface area contributed by atoms with Crippen molar-refractivity contribution >= 4 is 17.3 Å². The van der Waals surface area contributed by atoms with Gasteiger partial charge in [-0.25, -0.2) is 0 Å². The van der Waals surface area contributed by atoms with Crippen LogP contribution >= 0.6 is 11.6 Å². The Morgan fingerprint density at radius 1 is 1.73 bits per heavy atom. The standard InChI is InChI=1S/C4ClFN3O2/c5-3-2(9(10)11)1-7-4(6)8-3. The number of halogens is 2. The molecular formula is C4ClFN3O2. The van der Waals surface area contributed by atoms with E-state index in [0.717, 1.165) is 0 Å². The Morgan fingerprint density at radius 2 is 2.36 bits per heavy atom. The van der Waals surface area contributed by atoms with Gasteiger partial charge in [-0.05, 0) is 0 Å². The zero-order valence-electron chi connectivity index (χ0n) is 4.91. The normalized spacial score (nSPS) is 9.64. The van der Waals surface area contributed by atoms with E-state index in [1.165, 1.54) is 0 Å². The Hall–Kier alpha value is -1.30. The Kier molecular flexibility index (Phi) is 1.95. The number of nitro groups is 1. The molecule has 0 aliphatic heterocycles. The van der Waals surface area contributed by atoms with Gasteiger partial charge in [-0.2, -0.15) is 14.4 Å². The van der Waals surface area contributed by atoms with Crippen LogP contribution < -0.4 is 0 Å². The summed E-state index contributed by atoms with van der Waals surface area (Å²) in [6.45, 7) is 0. The van der Waals surface area contributed by atoms with Gasteiger partial charge in [0, 0.05) is 0 Å². The van der Waals surface area contributed by atoms with E-state index in [1.807, 2.05) is 0 Å². The topological polar surface area (TPSA) is 68.9 Å². The van der Waals surface area contributed by atoms with Crippen LogP contribution in [0.1, 0.15) is 0 Å². The van der Waals surface area contributed by atoms with Crippen LogP contribution in [0, 0.1) is 22.4 Å². The van der Waals surface area contributed by atoms with Crippen LogP contribution in [0.2, 0.25) is 5.15 Å². The molecule has 1 radical (unpaired) electrons. The summed E-state index contributed by atoms with van der Waals surface area (Å²) < 4.78 is 12.1. The van der Waals surface area contributed by atoms with Gasteiger partial charge in [0.1, 0.15) is 0 Å². The van der Waals surface area contributed by atoms with Gasteiger partial charge in [-0.3, -0.25) is 10.1 Å². The third kappa shape index (κ3) is 1.58. The van der Waals surface area contributed by atoms with E-state index in [0.29, 0.717) is 0 Å². The van der Waals surface area contributed by atoms with Crippen molar-refractivity contribution in [3.8, 4) is 0 Å². The van der Waals surface area contributed by atoms with Crippen LogP contribution in [0.15, 0.2) is 0 Å². The van der Waals surface area contributed by atoms with Gasteiger partial charge in [0.25, 0.3) is 0 Å². The van der Waals surface area contributed by atoms with Gasteiger partial charge in [0.05, 0.1) is 4.92 Å². The molecule has 0 fully saturated rings. The fraction of sp³-hybridized carbons (Fsp3) is 0. The van der Waals surface area contributed by atoms with E-state index in [1.54, 1.807) is 6.20 Å². The summed E-state index contributed by atoms with van der Waals surface area (Å²) in [5, 5.41) is 9.47. The number of aromatic nitrogens is 2. The van der Waals surface area contributed by atoms with Crippen LogP contribution in [0.4, 0.5) is 10.1 Å². The van der Waals surface area contributed by atoms with Gasteiger partial charge in [-0.1, -0.05) is 11.6 Å². The average Bonchev–Trinajstić information content (AvgIpc) is 1.85. The monoisotopic (exact) mass is 176 g/mol. The van der Waals surface area contributed by atoms with Crippen molar-refractivity contribution < 1.29 is 9.31 Å². The van der Waals surface area contributed by atoms with Crippen molar-refractivity contribution in [2.45, 2.75) is 0 Å². The molecule has 0 aliphatic carbocycles. The molecule has 0 atom stereocenters. The summed E-state index contributed by atoms with van der Waals surface area (Å²) in [7, 11) is 0. The maximum absolute atomic E-state index is 12.1. The van der Waals surface area contributed by atoms with Crippen LogP contribution in [-0.4, -0.2) is 14.9 Å². The molecule has 0 saturated heterocycles. The first kappa shape index (κ1) is 7.80. The lowest BCUT2D eigenvalue weighted by Gasteiger charge is -1.90. The molecule has 0 saturated carbocycles. The highest BCUT2D eigenvalue weighted by atomic mass is 35.5. The van der Waals surface area contributed by atoms with Gasteiger partial charge in [0.15, 0.2) is 6.20 Å². The average molecular weight is 177 g/mol. The van der Waals surface area contributed by atoms with Crippen LogP contribution in [0.3, 0.4) is 0 Å². The first-order chi connectivity index (χ1) is 5.11. The molecule has 7 heteroatoms. The summed E-state index contributed by atoms with van der Waals surface area (Å²) in [5.41, 5.74) is -0.631. The van der Waals surface area contributed by atoms with Crippen molar-refractivity contribution in [1.29, 1.82) is 0 Å². The first-order valence-corrected chi connectivity index (χ1v) is 2.74. The first-order valence-electron chi connectivity index (χ1n) is 2.36. The highest BCUT2D eigenvalue weighted by molar-refractivity contribution is 6.31. The predicted octanol–water partition coefficient (Wildman–Crippen LogP) is 0.977. The minimum Gasteiger partial charge on any atom is -0.258 e. The van der Waals surface area contributed by atoms with Gasteiger partial charge in [-0.15, -0.1) is 0 Å². The second-order valence-electron chi connectivity index (χ2n) is 1.50. The maximum Gasteiger partial charge on any atom is 0.334 e. The molecule has 5 nitrogen and oxygen atoms in total. The lowest BCUT2D eigenvalue weighted by Crippen LogP contribution is -1.96. The molecule has 1 aromatic rings. The van der Waals surface area contributed by atoms with Gasteiger partial charge < -0.3 is 0 Å². The molecule has 1 aromatic heterocycles. The summed E-state index contributed by atoms with van der Waals surface area (Å²) in [4.78, 5) is 14.9. The van der Waals surface area contributed by atoms with Crippen molar-refractivity contribution in [2.24, 2.45) is 0 Å². The fourth-order valence-corrected chi connectivity index (χ4v) is 0.601. The maximum atomic E-state index is 12.1. The summed E-state index contributed by atoms with van der Waals surface area (Å²) in [6.07, 6.45) is 0.648. The van der Waals surface area contributed by atoms with Crippen molar-refractivity contribution in [3.63, 3.8) is 0 Å². The zero-order chi connectivity index (χ0) is 8.43. The van der Waals surface area contributed by atoms with Crippen LogP contribution in [0.5, 0.6) is 0 Å². The Bertz CT molecular complexity index is 305. The third-order valence-corrected chi connectivity index (χ3v) is 1.09. The van der Waals surface area contributed by atoms with E-state index in [-0.39, 0.29) is 0 Å². The van der Waals surface area contributed by atoms with Crippen molar-refractivity contribution in [1.82, 2.24) is 9.97 Å². The van der Waals surface area contributed by atoms with Crippen molar-refractivity contribution in [3.05, 3.63) is 27.5 Å². The fourth-order valence-electron chi connectivity index (χ4n) is 0.420. The van der Waals surface area contributed by atoms with E-state index in [4.69, 9.17) is 11.6 Å². The van der Waals surface area contributed by atoms with Crippen LogP contribution in [-0.2, 0) is 0 Å². The summed E-state index contributed by atoms with van der Waals surface area (Å²) in [5.74, 6) is 0. The Balaban J connectivity index is 3.20. The van der Waals surface area contributed by atoms with Crippen molar-refractivity contribution in [2.75, 3.05) is 0 Å². The third-order valence-electron chi connectivity index (χ3n) is 0.822. The SMILES string of the molecule is O=[N+]([O-])c1[c]nc(F)nc1Cl. The second-order valence-corrected chi connectivity index (χ2v) is 1.86. The highest BCUT2D eigenvalue weighted by Gasteiger charge is 2.15. The predicted molar refractivity (Wildman–Crippen MR) is 32.5 cm³/mol. The summed E-state index contributed by atoms with van der Waals surface area (Å²) >= 11 is 5.16. The minimum atomic E-state index is -1.14. The lowest BCUT2D eigenvalue weighted by atomic mass is 10.6. The van der Waals surface area contributed by atoms with Gasteiger partial charge in [0.2, 0.25) is 5.15 Å². The molecule has 57 valence electrons. The van der Waals surface area contributed by atoms with E-state index in [9.17, 15) is 14.5 Å². The molecule has 1 rings (SSSR count). The zero-order valence-corrected chi connectivity index (χ0v) is 5.67. The molecule has 0 aliphatic rings. The molecule has 1 heterocycles. The molecule has 0 amide bonds. The molecule has 0 bridgehead atoms. The van der Waals surface area contributed by atoms with Gasteiger partial charge >= 0.3 is 11.8 Å². The smallest absolute Gasteiger partial charge is 0.258 e. The van der Waals surface area contributed by atoms with E-state index < -0.39 is 21.8 Å². The Morgan fingerprint density at radius 3 is 2.82 bits per heavy atom. The van der Waals surface area contributed by atoms with Crippen LogP contribution in [0.25, 0.3) is 0 Å². The molecular weight excluding hydrogens is 177 g/mol. The van der Waals surface area contributed by atoms with E-state index in [2.05, 4.69) is 9.97 Å². The minimum absolute atomic E-state index is 0.553. The molecule has 0 unspecified atom stereocenters. The number of nitrogens with zero attached hydrogens (tertiary/aromatic N) is 3. The largest absolute Gasteiger partial charge is 0.334 e. The Labute approximate surface area is 65.0 Å². The second kappa shape index (κ2) is 2.75. The molecule has 0 N–H and O–H groups in total. The van der Waals surface area contributed by atoms with E-state index >= 15 is 0 Å². The quantitative estimate of drug-likeness (QED) is 0.277. The molecule has 11 heavy (non-hydrogen) atoms.